The first-order valence-electron chi connectivity index (χ1n) is 6.36. The molecule has 0 atom stereocenters. The Morgan fingerprint density at radius 1 is 1.14 bits per heavy atom. The molecule has 7 heteroatoms. The van der Waals surface area contributed by atoms with E-state index in [2.05, 4.69) is 4.72 Å². The van der Waals surface area contributed by atoms with Crippen molar-refractivity contribution >= 4 is 16.0 Å². The van der Waals surface area contributed by atoms with E-state index >= 15 is 0 Å². The zero-order valence-corrected chi connectivity index (χ0v) is 12.1. The minimum Gasteiger partial charge on any atom is -0.478 e. The third kappa shape index (κ3) is 4.73. The number of nitrogens with one attached hydrogen (secondary N) is 1. The van der Waals surface area contributed by atoms with Crippen LogP contribution in [0.15, 0.2) is 48.8 Å². The summed E-state index contributed by atoms with van der Waals surface area (Å²) in [5, 5.41) is 8.78. The van der Waals surface area contributed by atoms with Crippen LogP contribution in [0.4, 0.5) is 0 Å². The van der Waals surface area contributed by atoms with E-state index in [1.54, 1.807) is 0 Å². The van der Waals surface area contributed by atoms with Gasteiger partial charge in [0, 0.05) is 25.5 Å². The van der Waals surface area contributed by atoms with E-state index in [9.17, 15) is 13.2 Å². The molecule has 0 aliphatic rings. The predicted octanol–water partition coefficient (Wildman–Crippen LogP) is 1.31. The number of carbonyl (C=O) groups is 1. The summed E-state index contributed by atoms with van der Waals surface area (Å²) in [6, 6.07) is 9.56. The summed E-state index contributed by atoms with van der Waals surface area (Å²) in [5.41, 5.74) is 0.685. The molecule has 0 bridgehead atoms. The first-order chi connectivity index (χ1) is 9.96. The number of hydrogen-bond acceptors (Lipinski definition) is 3. The maximum atomic E-state index is 11.9. The Bertz CT molecular complexity index is 691. The number of carboxylic acid groups (broad SMARTS) is 1. The van der Waals surface area contributed by atoms with E-state index in [0.29, 0.717) is 18.7 Å². The first-order valence-corrected chi connectivity index (χ1v) is 8.02. The number of carboxylic acids is 1. The van der Waals surface area contributed by atoms with Crippen molar-refractivity contribution in [3.8, 4) is 0 Å². The molecule has 1 aromatic carbocycles. The topological polar surface area (TPSA) is 88.4 Å². The van der Waals surface area contributed by atoms with Crippen molar-refractivity contribution < 1.29 is 18.3 Å². The Morgan fingerprint density at radius 2 is 1.76 bits per heavy atom. The molecule has 2 N–H and O–H groups in total. The van der Waals surface area contributed by atoms with Gasteiger partial charge in [0.15, 0.2) is 0 Å². The van der Waals surface area contributed by atoms with Crippen molar-refractivity contribution in [1.82, 2.24) is 9.29 Å². The highest BCUT2D eigenvalue weighted by atomic mass is 32.2. The molecule has 2 aromatic rings. The molecule has 0 unspecified atom stereocenters. The number of nitrogens with zero attached hydrogens (tertiary/aromatic N) is 1. The van der Waals surface area contributed by atoms with Crippen LogP contribution in [-0.2, 0) is 22.3 Å². The lowest BCUT2D eigenvalue weighted by Crippen LogP contribution is -2.28. The van der Waals surface area contributed by atoms with Crippen molar-refractivity contribution in [3.63, 3.8) is 0 Å². The van der Waals surface area contributed by atoms with Gasteiger partial charge in [0.1, 0.15) is 0 Å². The van der Waals surface area contributed by atoms with Gasteiger partial charge in [0.05, 0.1) is 11.3 Å². The fraction of sp³-hybridized carbons (Fsp3) is 0.214. The van der Waals surface area contributed by atoms with Gasteiger partial charge in [-0.2, -0.15) is 0 Å². The molecule has 2 rings (SSSR count). The largest absolute Gasteiger partial charge is 0.478 e. The zero-order valence-electron chi connectivity index (χ0n) is 11.3. The molecule has 0 amide bonds. The van der Waals surface area contributed by atoms with Crippen LogP contribution in [0.2, 0.25) is 0 Å². The van der Waals surface area contributed by atoms with Crippen molar-refractivity contribution in [2.45, 2.75) is 12.3 Å². The second kappa shape index (κ2) is 6.55. The summed E-state index contributed by atoms with van der Waals surface area (Å²) in [6.45, 7) is 0.869. The van der Waals surface area contributed by atoms with Crippen LogP contribution in [0.25, 0.3) is 0 Å². The lowest BCUT2D eigenvalue weighted by atomic mass is 10.1. The number of benzene rings is 1. The second-order valence-corrected chi connectivity index (χ2v) is 6.38. The second-order valence-electron chi connectivity index (χ2n) is 4.58. The number of rotatable bonds is 7. The molecule has 0 fully saturated rings. The van der Waals surface area contributed by atoms with Crippen LogP contribution < -0.4 is 4.72 Å². The molecule has 0 radical (unpaired) electrons. The van der Waals surface area contributed by atoms with E-state index < -0.39 is 16.0 Å². The van der Waals surface area contributed by atoms with Gasteiger partial charge in [0.2, 0.25) is 10.0 Å². The Kier molecular flexibility index (Phi) is 4.77. The van der Waals surface area contributed by atoms with Crippen LogP contribution in [-0.4, -0.2) is 30.6 Å². The van der Waals surface area contributed by atoms with Gasteiger partial charge in [0.25, 0.3) is 0 Å². The third-order valence-electron chi connectivity index (χ3n) is 2.92. The molecular formula is C14H16N2O4S. The van der Waals surface area contributed by atoms with Crippen LogP contribution in [0.5, 0.6) is 0 Å². The van der Waals surface area contributed by atoms with Crippen LogP contribution in [0.1, 0.15) is 15.9 Å². The van der Waals surface area contributed by atoms with Gasteiger partial charge in [-0.15, -0.1) is 0 Å². The van der Waals surface area contributed by atoms with Gasteiger partial charge >= 0.3 is 5.97 Å². The third-order valence-corrected chi connectivity index (χ3v) is 4.27. The van der Waals surface area contributed by atoms with Gasteiger partial charge in [-0.25, -0.2) is 17.9 Å². The summed E-state index contributed by atoms with van der Waals surface area (Å²) in [7, 11) is -3.43. The summed E-state index contributed by atoms with van der Waals surface area (Å²) in [5.74, 6) is -1.20. The maximum absolute atomic E-state index is 11.9. The maximum Gasteiger partial charge on any atom is 0.335 e. The fourth-order valence-electron chi connectivity index (χ4n) is 1.86. The molecule has 0 saturated carbocycles. The van der Waals surface area contributed by atoms with Crippen molar-refractivity contribution in [2.24, 2.45) is 0 Å². The van der Waals surface area contributed by atoms with E-state index in [4.69, 9.17) is 5.11 Å². The average Bonchev–Trinajstić information content (AvgIpc) is 2.91. The smallest absolute Gasteiger partial charge is 0.335 e. The lowest BCUT2D eigenvalue weighted by Gasteiger charge is -2.08. The Hall–Kier alpha value is -2.12. The quantitative estimate of drug-likeness (QED) is 0.807. The Balaban J connectivity index is 1.89. The first kappa shape index (κ1) is 15.3. The Labute approximate surface area is 123 Å². The SMILES string of the molecule is O=C(O)c1ccc(CS(=O)(=O)NCCn2cccc2)cc1. The molecule has 112 valence electrons. The minimum absolute atomic E-state index is 0.136. The number of aromatic carboxylic acids is 1. The van der Waals surface area contributed by atoms with E-state index in [0.717, 1.165) is 0 Å². The highest BCUT2D eigenvalue weighted by Crippen LogP contribution is 2.08. The molecule has 0 saturated heterocycles. The number of aromatic nitrogens is 1. The normalized spacial score (nSPS) is 11.4. The summed E-state index contributed by atoms with van der Waals surface area (Å²) in [4.78, 5) is 10.7. The van der Waals surface area contributed by atoms with Crippen molar-refractivity contribution in [1.29, 1.82) is 0 Å². The van der Waals surface area contributed by atoms with Gasteiger partial charge in [-0.1, -0.05) is 12.1 Å². The Morgan fingerprint density at radius 3 is 2.33 bits per heavy atom. The standard InChI is InChI=1S/C14H16N2O4S/c17-14(18)13-5-3-12(4-6-13)11-21(19,20)15-7-10-16-8-1-2-9-16/h1-6,8-9,15H,7,10-11H2,(H,17,18). The van der Waals surface area contributed by atoms with Gasteiger partial charge < -0.3 is 9.67 Å². The molecular weight excluding hydrogens is 292 g/mol. The van der Waals surface area contributed by atoms with Gasteiger partial charge in [-0.05, 0) is 29.8 Å². The molecule has 0 aliphatic carbocycles. The van der Waals surface area contributed by atoms with Gasteiger partial charge in [-0.3, -0.25) is 0 Å². The lowest BCUT2D eigenvalue weighted by molar-refractivity contribution is 0.0697. The van der Waals surface area contributed by atoms with E-state index in [-0.39, 0.29) is 11.3 Å². The van der Waals surface area contributed by atoms with Crippen LogP contribution in [0, 0.1) is 0 Å². The summed E-state index contributed by atoms with van der Waals surface area (Å²) < 4.78 is 28.2. The minimum atomic E-state index is -3.43. The van der Waals surface area contributed by atoms with Crippen molar-refractivity contribution in [2.75, 3.05) is 6.54 Å². The van der Waals surface area contributed by atoms with Crippen molar-refractivity contribution in [3.05, 3.63) is 59.9 Å². The number of sulfonamides is 1. The van der Waals surface area contributed by atoms with Crippen LogP contribution >= 0.6 is 0 Å². The van der Waals surface area contributed by atoms with E-state index in [1.165, 1.54) is 24.3 Å². The molecule has 6 nitrogen and oxygen atoms in total. The molecule has 21 heavy (non-hydrogen) atoms. The summed E-state index contributed by atoms with van der Waals surface area (Å²) >= 11 is 0. The van der Waals surface area contributed by atoms with E-state index in [1.807, 2.05) is 29.1 Å². The number of hydrogen-bond donors (Lipinski definition) is 2. The summed E-state index contributed by atoms with van der Waals surface area (Å²) in [6.07, 6.45) is 3.72. The average molecular weight is 308 g/mol. The molecule has 1 heterocycles. The predicted molar refractivity (Wildman–Crippen MR) is 78.5 cm³/mol. The molecule has 0 aliphatic heterocycles. The monoisotopic (exact) mass is 308 g/mol. The van der Waals surface area contributed by atoms with Crippen LogP contribution in [0.3, 0.4) is 0 Å². The fourth-order valence-corrected chi connectivity index (χ4v) is 3.00. The highest BCUT2D eigenvalue weighted by Gasteiger charge is 2.11. The zero-order chi connectivity index (χ0) is 15.3. The molecule has 0 spiro atoms. The molecule has 1 aromatic heterocycles. The highest BCUT2D eigenvalue weighted by molar-refractivity contribution is 7.88.